The van der Waals surface area contributed by atoms with Crippen molar-refractivity contribution in [3.05, 3.63) is 127 Å². The van der Waals surface area contributed by atoms with E-state index >= 15 is 0 Å². The second kappa shape index (κ2) is 12.5. The van der Waals surface area contributed by atoms with Crippen molar-refractivity contribution in [3.63, 3.8) is 0 Å². The molecule has 0 N–H and O–H groups in total. The Morgan fingerprint density at radius 2 is 1.50 bits per heavy atom. The van der Waals surface area contributed by atoms with Crippen molar-refractivity contribution in [1.82, 2.24) is 9.97 Å². The summed E-state index contributed by atoms with van der Waals surface area (Å²) in [5.74, 6) is 7.14. The number of furan rings is 1. The maximum atomic E-state index is 6.65. The molecule has 0 amide bonds. The number of pyridine rings is 2. The summed E-state index contributed by atoms with van der Waals surface area (Å²) >= 11 is -1.72. The van der Waals surface area contributed by atoms with Gasteiger partial charge in [0, 0.05) is 31.7 Å². The van der Waals surface area contributed by atoms with Crippen LogP contribution in [0.1, 0.15) is 5.56 Å². The minimum Gasteiger partial charge on any atom is 0 e. The third-order valence-corrected chi connectivity index (χ3v) is 16.7. The number of aryl methyl sites for hydroxylation is 1. The molecular weight excluding hydrogens is 817 g/mol. The van der Waals surface area contributed by atoms with Crippen molar-refractivity contribution >= 4 is 58.0 Å². The summed E-state index contributed by atoms with van der Waals surface area (Å²) in [7, 11) is -1.83. The number of aromatic nitrogens is 2. The van der Waals surface area contributed by atoms with Crippen LogP contribution in [0, 0.1) is 19.1 Å². The van der Waals surface area contributed by atoms with E-state index < -0.39 is 21.3 Å². The summed E-state index contributed by atoms with van der Waals surface area (Å²) in [6, 6.07) is 40.4. The zero-order valence-corrected chi connectivity index (χ0v) is 32.5. The second-order valence-corrected chi connectivity index (χ2v) is 28.4. The Hall–Kier alpha value is -3.61. The fraction of sp³-hybridized carbons (Fsp3) is 0.150. The van der Waals surface area contributed by atoms with Crippen molar-refractivity contribution in [2.24, 2.45) is 0 Å². The quantitative estimate of drug-likeness (QED) is 0.132. The van der Waals surface area contributed by atoms with Crippen LogP contribution in [0.5, 0.6) is 0 Å². The zero-order valence-electron chi connectivity index (χ0n) is 27.0. The summed E-state index contributed by atoms with van der Waals surface area (Å²) in [5.41, 5.74) is 9.73. The molecule has 0 spiro atoms. The Kier molecular flexibility index (Phi) is 8.81. The van der Waals surface area contributed by atoms with Gasteiger partial charge in [0.1, 0.15) is 13.7 Å². The van der Waals surface area contributed by atoms with Crippen LogP contribution >= 0.6 is 0 Å². The molecule has 0 saturated carbocycles. The predicted octanol–water partition coefficient (Wildman–Crippen LogP) is 8.65. The molecule has 0 aliphatic carbocycles. The number of fused-ring (bicyclic) bond motifs is 7. The normalized spacial score (nSPS) is 13.0. The summed E-state index contributed by atoms with van der Waals surface area (Å²) in [6.07, 6.45) is 3.89. The van der Waals surface area contributed by atoms with Gasteiger partial charge in [-0.2, -0.15) is 0 Å². The molecule has 0 unspecified atom stereocenters. The van der Waals surface area contributed by atoms with E-state index in [2.05, 4.69) is 120 Å². The van der Waals surface area contributed by atoms with Crippen LogP contribution in [-0.2, 0) is 20.1 Å². The van der Waals surface area contributed by atoms with Gasteiger partial charge in [0.2, 0.25) is 0 Å². The molecular formula is C40H36GeIrN2OSi-2. The zero-order chi connectivity index (χ0) is 31.3. The Labute approximate surface area is 288 Å². The molecule has 0 saturated heterocycles. The number of nitrogens with zero attached hydrogens (tertiary/aromatic N) is 2. The van der Waals surface area contributed by atoms with Gasteiger partial charge in [-0.1, -0.05) is 72.1 Å². The van der Waals surface area contributed by atoms with Crippen LogP contribution in [0.3, 0.4) is 0 Å². The molecule has 3 nitrogen and oxygen atoms in total. The molecule has 7 aromatic rings. The average Bonchev–Trinajstić information content (AvgIpc) is 3.54. The molecule has 8 rings (SSSR count). The van der Waals surface area contributed by atoms with Gasteiger partial charge in [-0.3, -0.25) is 0 Å². The van der Waals surface area contributed by atoms with Crippen LogP contribution in [-0.4, -0.2) is 31.3 Å². The van der Waals surface area contributed by atoms with Gasteiger partial charge in [-0.05, 0) is 40.2 Å². The number of rotatable bonds is 3. The van der Waals surface area contributed by atoms with Gasteiger partial charge in [0.15, 0.2) is 0 Å². The van der Waals surface area contributed by atoms with Crippen molar-refractivity contribution in [3.8, 4) is 33.6 Å². The Morgan fingerprint density at radius 3 is 2.22 bits per heavy atom. The Balaban J connectivity index is 0.000000187. The Morgan fingerprint density at radius 1 is 0.717 bits per heavy atom. The van der Waals surface area contributed by atoms with E-state index in [1.165, 1.54) is 36.8 Å². The standard InChI is InChI=1S/C26H20NOSi.C14H16GeN.Ir/c1-16-13-14-27-22(15-16)21-9-6-8-18-19-11-12-20-17-7-4-5-10-23(17)29(2,3)26(20)25(19)28-24(18)21;1-15(2,3)13-9-10-14(16-11-13)12-7-5-4-6-8-12;/h4-8,10-15H,1-3H3;4-7,9-11H,1-3H3;/q2*-1;. The minimum atomic E-state index is -1.83. The van der Waals surface area contributed by atoms with Gasteiger partial charge in [-0.15, -0.1) is 18.2 Å². The summed E-state index contributed by atoms with van der Waals surface area (Å²) in [5, 5.41) is 5.24. The summed E-state index contributed by atoms with van der Waals surface area (Å²) in [6.45, 7) is 6.95. The molecule has 4 aromatic carbocycles. The third kappa shape index (κ3) is 5.75. The van der Waals surface area contributed by atoms with Gasteiger partial charge >= 0.3 is 99.8 Å². The van der Waals surface area contributed by atoms with Gasteiger partial charge in [0.25, 0.3) is 0 Å². The van der Waals surface area contributed by atoms with Crippen molar-refractivity contribution in [2.45, 2.75) is 37.3 Å². The first-order chi connectivity index (χ1) is 21.6. The van der Waals surface area contributed by atoms with E-state index in [4.69, 9.17) is 4.42 Å². The average molecular weight is 854 g/mol. The first kappa shape index (κ1) is 32.3. The third-order valence-electron chi connectivity index (χ3n) is 8.90. The van der Waals surface area contributed by atoms with Crippen LogP contribution in [0.2, 0.25) is 30.4 Å². The minimum absolute atomic E-state index is 0. The van der Waals surface area contributed by atoms with Crippen LogP contribution in [0.4, 0.5) is 0 Å². The summed E-state index contributed by atoms with van der Waals surface area (Å²) < 4.78 is 8.10. The van der Waals surface area contributed by atoms with E-state index in [0.717, 1.165) is 39.1 Å². The van der Waals surface area contributed by atoms with Gasteiger partial charge < -0.3 is 9.40 Å². The van der Waals surface area contributed by atoms with Gasteiger partial charge in [0.05, 0.1) is 5.58 Å². The predicted molar refractivity (Wildman–Crippen MR) is 194 cm³/mol. The molecule has 0 atom stereocenters. The number of hydrogen-bond donors (Lipinski definition) is 0. The van der Waals surface area contributed by atoms with Gasteiger partial charge in [-0.25, -0.2) is 0 Å². The van der Waals surface area contributed by atoms with Crippen LogP contribution in [0.15, 0.2) is 114 Å². The Bertz CT molecular complexity index is 2180. The molecule has 1 aliphatic heterocycles. The first-order valence-electron chi connectivity index (χ1n) is 15.5. The van der Waals surface area contributed by atoms with E-state index in [9.17, 15) is 0 Å². The van der Waals surface area contributed by atoms with Crippen molar-refractivity contribution < 1.29 is 24.5 Å². The maximum Gasteiger partial charge on any atom is 0 e. The monoisotopic (exact) mass is 855 g/mol. The largest absolute Gasteiger partial charge is 0 e. The fourth-order valence-corrected chi connectivity index (χ4v) is 12.0. The molecule has 6 heteroatoms. The second-order valence-electron chi connectivity index (χ2n) is 13.4. The molecule has 0 bridgehead atoms. The van der Waals surface area contributed by atoms with E-state index in [0.29, 0.717) is 0 Å². The number of benzene rings is 4. The van der Waals surface area contributed by atoms with E-state index in [-0.39, 0.29) is 20.1 Å². The van der Waals surface area contributed by atoms with Crippen LogP contribution in [0.25, 0.3) is 55.6 Å². The molecule has 1 aliphatic rings. The number of hydrogen-bond acceptors (Lipinski definition) is 3. The molecule has 3 aromatic heterocycles. The molecule has 231 valence electrons. The van der Waals surface area contributed by atoms with Crippen molar-refractivity contribution in [1.29, 1.82) is 0 Å². The fourth-order valence-electron chi connectivity index (χ4n) is 6.46. The SMILES string of the molecule is Cc1ccnc(-c2[c-]ccc3c2oc2c4c(ccc23)-c2ccccc2[Si]4(C)C)c1.[CH3][Ge]([CH3])([CH3])[c]1ccc(-c2[c-]cccc2)nc1.[Ir]. The van der Waals surface area contributed by atoms with Crippen molar-refractivity contribution in [2.75, 3.05) is 0 Å². The molecule has 4 heterocycles. The summed E-state index contributed by atoms with van der Waals surface area (Å²) in [4.78, 5) is 9.11. The smallest absolute Gasteiger partial charge is 0 e. The maximum absolute atomic E-state index is 6.65. The topological polar surface area (TPSA) is 38.9 Å². The van der Waals surface area contributed by atoms with Crippen LogP contribution < -0.4 is 14.8 Å². The molecule has 1 radical (unpaired) electrons. The van der Waals surface area contributed by atoms with E-state index in [1.807, 2.05) is 48.8 Å². The molecule has 46 heavy (non-hydrogen) atoms. The first-order valence-corrected chi connectivity index (χ1v) is 25.8. The molecule has 0 fully saturated rings. The van der Waals surface area contributed by atoms with E-state index in [1.54, 1.807) is 0 Å².